The Balaban J connectivity index is 1.46. The highest BCUT2D eigenvalue weighted by Gasteiger charge is 2.25. The normalized spacial score (nSPS) is 17.9. The average Bonchev–Trinajstić information content (AvgIpc) is 3.26. The van der Waals surface area contributed by atoms with E-state index in [0.29, 0.717) is 6.42 Å². The van der Waals surface area contributed by atoms with Crippen molar-refractivity contribution in [2.45, 2.75) is 32.2 Å². The number of aromatic nitrogens is 2. The zero-order valence-corrected chi connectivity index (χ0v) is 14.9. The Morgan fingerprint density at radius 2 is 2.28 bits per heavy atom. The predicted molar refractivity (Wildman–Crippen MR) is 99.6 cm³/mol. The lowest BCUT2D eigenvalue weighted by Crippen LogP contribution is -2.45. The molecule has 1 unspecified atom stereocenters. The number of para-hydroxylation sites is 2. The van der Waals surface area contributed by atoms with E-state index in [-0.39, 0.29) is 11.9 Å². The molecule has 0 spiro atoms. The summed E-state index contributed by atoms with van der Waals surface area (Å²) in [5.41, 5.74) is 2.05. The van der Waals surface area contributed by atoms with Gasteiger partial charge < -0.3 is 20.5 Å². The van der Waals surface area contributed by atoms with Gasteiger partial charge in [0.25, 0.3) is 0 Å². The number of nitrogens with one attached hydrogen (secondary N) is 3. The molecule has 1 aliphatic rings. The van der Waals surface area contributed by atoms with Crippen LogP contribution in [-0.2, 0) is 11.2 Å². The van der Waals surface area contributed by atoms with Crippen LogP contribution in [0.25, 0.3) is 11.0 Å². The van der Waals surface area contributed by atoms with E-state index in [1.807, 2.05) is 36.1 Å². The summed E-state index contributed by atoms with van der Waals surface area (Å²) < 4.78 is 0. The molecule has 1 aliphatic heterocycles. The van der Waals surface area contributed by atoms with Crippen molar-refractivity contribution < 1.29 is 4.79 Å². The monoisotopic (exact) mass is 342 g/mol. The largest absolute Gasteiger partial charge is 0.356 e. The third kappa shape index (κ3) is 4.29. The third-order valence-electron chi connectivity index (χ3n) is 4.50. The van der Waals surface area contributed by atoms with Gasteiger partial charge in [-0.1, -0.05) is 19.1 Å². The smallest absolute Gasteiger partial charge is 0.222 e. The number of hydrogen-bond donors (Lipinski definition) is 3. The van der Waals surface area contributed by atoms with Gasteiger partial charge in [-0.2, -0.15) is 0 Å². The molecule has 2 aromatic rings. The number of fused-ring (bicyclic) bond motifs is 1. The maximum atomic E-state index is 11.8. The first kappa shape index (κ1) is 17.3. The average molecular weight is 342 g/mol. The molecular weight excluding hydrogens is 316 g/mol. The van der Waals surface area contributed by atoms with Crippen LogP contribution in [0.5, 0.6) is 0 Å². The summed E-state index contributed by atoms with van der Waals surface area (Å²) in [5.74, 6) is 1.95. The highest BCUT2D eigenvalue weighted by Crippen LogP contribution is 2.11. The summed E-state index contributed by atoms with van der Waals surface area (Å²) in [5, 5.41) is 6.72. The van der Waals surface area contributed by atoms with Crippen molar-refractivity contribution >= 4 is 22.9 Å². The van der Waals surface area contributed by atoms with Crippen LogP contribution in [0.3, 0.4) is 0 Å². The molecule has 2 heterocycles. The number of amides is 1. The Morgan fingerprint density at radius 3 is 3.04 bits per heavy atom. The molecule has 0 bridgehead atoms. The van der Waals surface area contributed by atoms with Crippen LogP contribution >= 0.6 is 0 Å². The minimum absolute atomic E-state index is 0.220. The molecule has 7 heteroatoms. The van der Waals surface area contributed by atoms with E-state index < -0.39 is 0 Å². The van der Waals surface area contributed by atoms with Crippen LogP contribution in [-0.4, -0.2) is 59.5 Å². The summed E-state index contributed by atoms with van der Waals surface area (Å²) >= 11 is 0. The molecule has 25 heavy (non-hydrogen) atoms. The SMILES string of the molecule is CCC(=O)N1CCC(NC(=NC)NCCc2nc3ccccc3[nH]2)C1. The number of imidazole rings is 1. The van der Waals surface area contributed by atoms with Crippen LogP contribution < -0.4 is 10.6 Å². The Bertz CT molecular complexity index is 720. The van der Waals surface area contributed by atoms with Crippen LogP contribution in [0.2, 0.25) is 0 Å². The fourth-order valence-electron chi connectivity index (χ4n) is 3.14. The summed E-state index contributed by atoms with van der Waals surface area (Å²) in [6.45, 7) is 4.21. The molecule has 1 aromatic carbocycles. The van der Waals surface area contributed by atoms with Crippen molar-refractivity contribution in [2.75, 3.05) is 26.7 Å². The van der Waals surface area contributed by atoms with Crippen LogP contribution in [0, 0.1) is 0 Å². The Hall–Kier alpha value is -2.57. The quantitative estimate of drug-likeness (QED) is 0.564. The highest BCUT2D eigenvalue weighted by atomic mass is 16.2. The van der Waals surface area contributed by atoms with Gasteiger partial charge >= 0.3 is 0 Å². The first-order valence-electron chi connectivity index (χ1n) is 8.88. The molecule has 1 atom stereocenters. The lowest BCUT2D eigenvalue weighted by molar-refractivity contribution is -0.129. The molecule has 0 aliphatic carbocycles. The number of likely N-dealkylation sites (tertiary alicyclic amines) is 1. The van der Waals surface area contributed by atoms with Gasteiger partial charge in [0.15, 0.2) is 5.96 Å². The van der Waals surface area contributed by atoms with Gasteiger partial charge in [0, 0.05) is 45.6 Å². The zero-order valence-electron chi connectivity index (χ0n) is 14.9. The van der Waals surface area contributed by atoms with Crippen molar-refractivity contribution in [3.8, 4) is 0 Å². The van der Waals surface area contributed by atoms with Gasteiger partial charge in [-0.25, -0.2) is 4.98 Å². The zero-order chi connectivity index (χ0) is 17.6. The maximum Gasteiger partial charge on any atom is 0.222 e. The number of H-pyrrole nitrogens is 1. The van der Waals surface area contributed by atoms with Crippen molar-refractivity contribution in [3.05, 3.63) is 30.1 Å². The number of nitrogens with zero attached hydrogens (tertiary/aromatic N) is 3. The van der Waals surface area contributed by atoms with Crippen LogP contribution in [0.1, 0.15) is 25.6 Å². The molecule has 1 aromatic heterocycles. The van der Waals surface area contributed by atoms with E-state index in [0.717, 1.165) is 55.3 Å². The lowest BCUT2D eigenvalue weighted by Gasteiger charge is -2.18. The van der Waals surface area contributed by atoms with Crippen molar-refractivity contribution in [2.24, 2.45) is 4.99 Å². The summed E-state index contributed by atoms with van der Waals surface area (Å²) in [4.78, 5) is 25.9. The number of guanidine groups is 1. The third-order valence-corrected chi connectivity index (χ3v) is 4.50. The van der Waals surface area contributed by atoms with E-state index in [1.165, 1.54) is 0 Å². The molecule has 1 amide bonds. The van der Waals surface area contributed by atoms with Crippen LogP contribution in [0.4, 0.5) is 0 Å². The molecule has 0 saturated carbocycles. The maximum absolute atomic E-state index is 11.8. The molecule has 3 rings (SSSR count). The number of hydrogen-bond acceptors (Lipinski definition) is 3. The second kappa shape index (κ2) is 8.00. The van der Waals surface area contributed by atoms with E-state index in [9.17, 15) is 4.79 Å². The molecule has 0 radical (unpaired) electrons. The number of aliphatic imine (C=N–C) groups is 1. The first-order chi connectivity index (χ1) is 12.2. The van der Waals surface area contributed by atoms with Gasteiger partial charge in [0.2, 0.25) is 5.91 Å². The number of benzene rings is 1. The molecule has 3 N–H and O–H groups in total. The first-order valence-corrected chi connectivity index (χ1v) is 8.88. The summed E-state index contributed by atoms with van der Waals surface area (Å²) in [6, 6.07) is 8.29. The Kier molecular flexibility index (Phi) is 5.53. The van der Waals surface area contributed by atoms with E-state index in [1.54, 1.807) is 7.05 Å². The number of aromatic amines is 1. The second-order valence-corrected chi connectivity index (χ2v) is 6.27. The van der Waals surface area contributed by atoms with Gasteiger partial charge in [-0.15, -0.1) is 0 Å². The molecule has 7 nitrogen and oxygen atoms in total. The standard InChI is InChI=1S/C18H26N6O/c1-3-17(25)24-11-9-13(12-24)21-18(19-2)20-10-8-16-22-14-6-4-5-7-15(14)23-16/h4-7,13H,3,8-12H2,1-2H3,(H,22,23)(H2,19,20,21). The fraction of sp³-hybridized carbons (Fsp3) is 0.500. The van der Waals surface area contributed by atoms with E-state index in [4.69, 9.17) is 0 Å². The molecular formula is C18H26N6O. The van der Waals surface area contributed by atoms with Crippen molar-refractivity contribution in [3.63, 3.8) is 0 Å². The van der Waals surface area contributed by atoms with Gasteiger partial charge in [0.1, 0.15) is 5.82 Å². The van der Waals surface area contributed by atoms with E-state index >= 15 is 0 Å². The second-order valence-electron chi connectivity index (χ2n) is 6.27. The lowest BCUT2D eigenvalue weighted by atomic mass is 10.3. The number of carbonyl (C=O) groups is 1. The number of rotatable bonds is 5. The van der Waals surface area contributed by atoms with Crippen molar-refractivity contribution in [1.29, 1.82) is 0 Å². The summed E-state index contributed by atoms with van der Waals surface area (Å²) in [6.07, 6.45) is 2.31. The minimum atomic E-state index is 0.220. The fourth-order valence-corrected chi connectivity index (χ4v) is 3.14. The molecule has 134 valence electrons. The van der Waals surface area contributed by atoms with Crippen molar-refractivity contribution in [1.82, 2.24) is 25.5 Å². The predicted octanol–water partition coefficient (Wildman–Crippen LogP) is 1.28. The molecule has 1 fully saturated rings. The van der Waals surface area contributed by atoms with Gasteiger partial charge in [-0.05, 0) is 18.6 Å². The van der Waals surface area contributed by atoms with Gasteiger partial charge in [-0.3, -0.25) is 9.79 Å². The number of carbonyl (C=O) groups excluding carboxylic acids is 1. The minimum Gasteiger partial charge on any atom is -0.356 e. The highest BCUT2D eigenvalue weighted by molar-refractivity contribution is 5.80. The summed E-state index contributed by atoms with van der Waals surface area (Å²) in [7, 11) is 1.76. The Morgan fingerprint density at radius 1 is 1.44 bits per heavy atom. The van der Waals surface area contributed by atoms with Crippen LogP contribution in [0.15, 0.2) is 29.3 Å². The topological polar surface area (TPSA) is 85.4 Å². The molecule has 1 saturated heterocycles. The van der Waals surface area contributed by atoms with E-state index in [2.05, 4.69) is 25.6 Å². The van der Waals surface area contributed by atoms with Gasteiger partial charge in [0.05, 0.1) is 11.0 Å². The Labute approximate surface area is 147 Å².